The lowest BCUT2D eigenvalue weighted by Crippen LogP contribution is -2.24. The first-order valence-electron chi connectivity index (χ1n) is 6.93. The Morgan fingerprint density at radius 2 is 1.88 bits per heavy atom. The maximum atomic E-state index is 11.7. The fourth-order valence-corrected chi connectivity index (χ4v) is 1.85. The molecule has 1 amide bonds. The van der Waals surface area contributed by atoms with E-state index >= 15 is 0 Å². The molecule has 0 radical (unpaired) electrons. The molecule has 2 aromatic rings. The molecule has 0 aromatic heterocycles. The fraction of sp³-hybridized carbons (Fsp3) is 0.125. The number of nitro groups is 1. The number of nitrogens with zero attached hydrogens (tertiary/aromatic N) is 2. The Morgan fingerprint density at radius 3 is 2.58 bits per heavy atom. The van der Waals surface area contributed by atoms with Crippen LogP contribution in [0, 0.1) is 10.1 Å². The molecule has 0 heterocycles. The highest BCUT2D eigenvalue weighted by Crippen LogP contribution is 2.25. The lowest BCUT2D eigenvalue weighted by molar-refractivity contribution is -0.385. The topological polar surface area (TPSA) is 103 Å². The number of carbonyl (C=O) groups is 1. The molecule has 2 rings (SSSR count). The van der Waals surface area contributed by atoms with Gasteiger partial charge < -0.3 is 9.47 Å². The third kappa shape index (κ3) is 4.54. The maximum absolute atomic E-state index is 11.7. The Hall–Kier alpha value is -3.42. The number of amides is 1. The van der Waals surface area contributed by atoms with E-state index in [2.05, 4.69) is 10.5 Å². The molecule has 24 heavy (non-hydrogen) atoms. The van der Waals surface area contributed by atoms with Crippen molar-refractivity contribution >= 4 is 17.8 Å². The molecule has 0 fully saturated rings. The highest BCUT2D eigenvalue weighted by Gasteiger charge is 2.10. The summed E-state index contributed by atoms with van der Waals surface area (Å²) in [6.45, 7) is -0.269. The van der Waals surface area contributed by atoms with Gasteiger partial charge in [0.2, 0.25) is 0 Å². The molecule has 0 saturated carbocycles. The third-order valence-corrected chi connectivity index (χ3v) is 2.95. The molecule has 0 spiro atoms. The predicted molar refractivity (Wildman–Crippen MR) is 87.3 cm³/mol. The molecule has 0 aliphatic heterocycles. The van der Waals surface area contributed by atoms with Crippen molar-refractivity contribution in [3.05, 3.63) is 64.2 Å². The monoisotopic (exact) mass is 329 g/mol. The first kappa shape index (κ1) is 16.9. The number of rotatable bonds is 7. The van der Waals surface area contributed by atoms with Crippen LogP contribution in [-0.4, -0.2) is 30.8 Å². The van der Waals surface area contributed by atoms with Crippen LogP contribution in [0.2, 0.25) is 0 Å². The number of hydrogen-bond acceptors (Lipinski definition) is 6. The Balaban J connectivity index is 1.91. The van der Waals surface area contributed by atoms with E-state index in [9.17, 15) is 14.9 Å². The van der Waals surface area contributed by atoms with Gasteiger partial charge in [-0.3, -0.25) is 14.9 Å². The summed E-state index contributed by atoms with van der Waals surface area (Å²) in [4.78, 5) is 22.0. The number of carbonyl (C=O) groups excluding carboxylic acids is 1. The zero-order valence-electron chi connectivity index (χ0n) is 12.8. The van der Waals surface area contributed by atoms with E-state index in [1.54, 1.807) is 36.4 Å². The van der Waals surface area contributed by atoms with Gasteiger partial charge in [0, 0.05) is 6.07 Å². The second-order valence-electron chi connectivity index (χ2n) is 4.55. The van der Waals surface area contributed by atoms with Crippen molar-refractivity contribution in [1.29, 1.82) is 0 Å². The highest BCUT2D eigenvalue weighted by atomic mass is 16.6. The average Bonchev–Trinajstić information content (AvgIpc) is 2.60. The van der Waals surface area contributed by atoms with Crippen LogP contribution in [0.5, 0.6) is 11.5 Å². The summed E-state index contributed by atoms with van der Waals surface area (Å²) in [5.74, 6) is 0.433. The maximum Gasteiger partial charge on any atom is 0.278 e. The van der Waals surface area contributed by atoms with Crippen LogP contribution >= 0.6 is 0 Å². The summed E-state index contributed by atoms with van der Waals surface area (Å²) in [5.41, 5.74) is 2.44. The Morgan fingerprint density at radius 1 is 1.21 bits per heavy atom. The molecule has 0 bridgehead atoms. The number of para-hydroxylation sites is 3. The van der Waals surface area contributed by atoms with E-state index in [1.807, 2.05) is 0 Å². The fourth-order valence-electron chi connectivity index (χ4n) is 1.85. The second-order valence-corrected chi connectivity index (χ2v) is 4.55. The number of ether oxygens (including phenoxy) is 2. The van der Waals surface area contributed by atoms with Crippen molar-refractivity contribution in [3.63, 3.8) is 0 Å². The summed E-state index contributed by atoms with van der Waals surface area (Å²) >= 11 is 0. The van der Waals surface area contributed by atoms with Gasteiger partial charge in [0.05, 0.1) is 23.8 Å². The largest absolute Gasteiger partial charge is 0.493 e. The van der Waals surface area contributed by atoms with Crippen molar-refractivity contribution < 1.29 is 19.2 Å². The lowest BCUT2D eigenvalue weighted by atomic mass is 10.2. The first-order chi connectivity index (χ1) is 11.6. The van der Waals surface area contributed by atoms with Crippen LogP contribution in [0.25, 0.3) is 0 Å². The summed E-state index contributed by atoms with van der Waals surface area (Å²) in [7, 11) is 1.50. The minimum absolute atomic E-state index is 0.0965. The van der Waals surface area contributed by atoms with E-state index in [0.717, 1.165) is 0 Å². The van der Waals surface area contributed by atoms with Gasteiger partial charge in [-0.2, -0.15) is 5.10 Å². The SMILES string of the molecule is COc1ccccc1OCC(=O)NN=Cc1ccccc1[N+](=O)[O-]. The van der Waals surface area contributed by atoms with Crippen LogP contribution in [0.4, 0.5) is 5.69 Å². The van der Waals surface area contributed by atoms with Gasteiger partial charge in [-0.25, -0.2) is 5.43 Å². The summed E-state index contributed by atoms with van der Waals surface area (Å²) in [6, 6.07) is 13.0. The van der Waals surface area contributed by atoms with Gasteiger partial charge in [0.15, 0.2) is 18.1 Å². The number of nitrogens with one attached hydrogen (secondary N) is 1. The van der Waals surface area contributed by atoms with Crippen molar-refractivity contribution in [2.45, 2.75) is 0 Å². The Bertz CT molecular complexity index is 761. The van der Waals surface area contributed by atoms with Crippen LogP contribution in [-0.2, 0) is 4.79 Å². The first-order valence-corrected chi connectivity index (χ1v) is 6.93. The minimum Gasteiger partial charge on any atom is -0.493 e. The normalized spacial score (nSPS) is 10.4. The molecule has 1 N–H and O–H groups in total. The van der Waals surface area contributed by atoms with Crippen molar-refractivity contribution in [2.75, 3.05) is 13.7 Å². The quantitative estimate of drug-likeness (QED) is 0.476. The van der Waals surface area contributed by atoms with Crippen LogP contribution in [0.1, 0.15) is 5.56 Å². The average molecular weight is 329 g/mol. The number of hydrazone groups is 1. The van der Waals surface area contributed by atoms with E-state index in [0.29, 0.717) is 11.5 Å². The smallest absolute Gasteiger partial charge is 0.278 e. The van der Waals surface area contributed by atoms with Crippen LogP contribution in [0.15, 0.2) is 53.6 Å². The highest BCUT2D eigenvalue weighted by molar-refractivity contribution is 5.86. The zero-order chi connectivity index (χ0) is 17.4. The van der Waals surface area contributed by atoms with Gasteiger partial charge in [-0.1, -0.05) is 24.3 Å². The summed E-state index contributed by atoms with van der Waals surface area (Å²) in [6.07, 6.45) is 1.21. The van der Waals surface area contributed by atoms with E-state index < -0.39 is 10.8 Å². The molecule has 8 nitrogen and oxygen atoms in total. The standard InChI is InChI=1S/C16H15N3O5/c1-23-14-8-4-5-9-15(14)24-11-16(20)18-17-10-12-6-2-3-7-13(12)19(21)22/h2-10H,11H2,1H3,(H,18,20). The minimum atomic E-state index is -0.520. The van der Waals surface area contributed by atoms with E-state index in [1.165, 1.54) is 25.5 Å². The van der Waals surface area contributed by atoms with Crippen LogP contribution in [0.3, 0.4) is 0 Å². The molecule has 0 unspecified atom stereocenters. The number of benzene rings is 2. The van der Waals surface area contributed by atoms with Crippen LogP contribution < -0.4 is 14.9 Å². The van der Waals surface area contributed by atoms with Crippen molar-refractivity contribution in [3.8, 4) is 11.5 Å². The summed E-state index contributed by atoms with van der Waals surface area (Å²) in [5, 5.41) is 14.6. The van der Waals surface area contributed by atoms with E-state index in [-0.39, 0.29) is 17.9 Å². The number of hydrogen-bond donors (Lipinski definition) is 1. The Kier molecular flexibility index (Phi) is 5.84. The molecule has 124 valence electrons. The van der Waals surface area contributed by atoms with Gasteiger partial charge in [0.25, 0.3) is 11.6 Å². The lowest BCUT2D eigenvalue weighted by Gasteiger charge is -2.09. The summed E-state index contributed by atoms with van der Waals surface area (Å²) < 4.78 is 10.4. The molecule has 2 aromatic carbocycles. The molecule has 0 aliphatic carbocycles. The second kappa shape index (κ2) is 8.28. The molecule has 0 atom stereocenters. The molecular formula is C16H15N3O5. The molecule has 8 heteroatoms. The molecule has 0 aliphatic rings. The number of methoxy groups -OCH3 is 1. The Labute approximate surface area is 137 Å². The van der Waals surface area contributed by atoms with E-state index in [4.69, 9.17) is 9.47 Å². The van der Waals surface area contributed by atoms with Gasteiger partial charge >= 0.3 is 0 Å². The number of nitro benzene ring substituents is 1. The predicted octanol–water partition coefficient (Wildman–Crippen LogP) is 2.13. The van der Waals surface area contributed by atoms with Gasteiger partial charge in [0.1, 0.15) is 0 Å². The molecular weight excluding hydrogens is 314 g/mol. The zero-order valence-corrected chi connectivity index (χ0v) is 12.8. The molecule has 0 saturated heterocycles. The third-order valence-electron chi connectivity index (χ3n) is 2.95. The van der Waals surface area contributed by atoms with Gasteiger partial charge in [-0.15, -0.1) is 0 Å². The van der Waals surface area contributed by atoms with Crippen molar-refractivity contribution in [2.24, 2.45) is 5.10 Å². The van der Waals surface area contributed by atoms with Crippen molar-refractivity contribution in [1.82, 2.24) is 5.43 Å². The van der Waals surface area contributed by atoms with Gasteiger partial charge in [-0.05, 0) is 18.2 Å².